The second-order valence-electron chi connectivity index (χ2n) is 5.42. The minimum absolute atomic E-state index is 0.1000. The summed E-state index contributed by atoms with van der Waals surface area (Å²) in [7, 11) is -3.59. The van der Waals surface area contributed by atoms with Crippen molar-refractivity contribution in [2.45, 2.75) is 31.1 Å². The number of rotatable bonds is 6. The van der Waals surface area contributed by atoms with Gasteiger partial charge in [0.1, 0.15) is 0 Å². The molecule has 118 valence electrons. The number of nitrogens with one attached hydrogen (secondary N) is 1. The van der Waals surface area contributed by atoms with Gasteiger partial charge in [-0.05, 0) is 35.7 Å². The zero-order chi connectivity index (χ0) is 16.2. The molecular formula is C16H21N3O2S. The maximum atomic E-state index is 12.5. The van der Waals surface area contributed by atoms with Crippen LogP contribution in [0.5, 0.6) is 0 Å². The molecule has 0 aliphatic rings. The summed E-state index contributed by atoms with van der Waals surface area (Å²) in [6.45, 7) is 4.21. The third-order valence-electron chi connectivity index (χ3n) is 3.35. The predicted molar refractivity (Wildman–Crippen MR) is 88.1 cm³/mol. The third kappa shape index (κ3) is 4.05. The van der Waals surface area contributed by atoms with Crippen LogP contribution in [0, 0.1) is 0 Å². The summed E-state index contributed by atoms with van der Waals surface area (Å²) in [4.78, 5) is 4.43. The van der Waals surface area contributed by atoms with Crippen LogP contribution in [0.3, 0.4) is 0 Å². The van der Waals surface area contributed by atoms with E-state index in [1.165, 1.54) is 6.07 Å². The van der Waals surface area contributed by atoms with E-state index >= 15 is 0 Å². The fraction of sp³-hybridized carbons (Fsp3) is 0.312. The smallest absolute Gasteiger partial charge is 0.240 e. The third-order valence-corrected chi connectivity index (χ3v) is 4.87. The zero-order valence-corrected chi connectivity index (χ0v) is 13.6. The number of pyridine rings is 1. The van der Waals surface area contributed by atoms with Crippen LogP contribution in [0.25, 0.3) is 0 Å². The molecule has 1 aromatic carbocycles. The predicted octanol–water partition coefficient (Wildman–Crippen LogP) is 2.31. The maximum Gasteiger partial charge on any atom is 0.240 e. The molecule has 0 aliphatic heterocycles. The molecule has 0 bridgehead atoms. The van der Waals surface area contributed by atoms with Crippen molar-refractivity contribution >= 4 is 15.7 Å². The summed E-state index contributed by atoms with van der Waals surface area (Å²) in [6, 6.07) is 10.6. The number of nitrogens with two attached hydrogens (primary N) is 1. The monoisotopic (exact) mass is 319 g/mol. The lowest BCUT2D eigenvalue weighted by molar-refractivity contribution is 0.579. The fourth-order valence-corrected chi connectivity index (χ4v) is 3.63. The van der Waals surface area contributed by atoms with Crippen molar-refractivity contribution in [3.05, 3.63) is 53.9 Å². The molecule has 0 fully saturated rings. The van der Waals surface area contributed by atoms with Gasteiger partial charge in [-0.2, -0.15) is 0 Å². The molecule has 1 heterocycles. The molecular weight excluding hydrogens is 298 g/mol. The number of nitrogens with zero attached hydrogens (tertiary/aromatic N) is 1. The summed E-state index contributed by atoms with van der Waals surface area (Å²) in [5.41, 5.74) is 7.79. The van der Waals surface area contributed by atoms with E-state index in [1.54, 1.807) is 18.3 Å². The summed E-state index contributed by atoms with van der Waals surface area (Å²) in [5, 5.41) is 0. The van der Waals surface area contributed by atoms with Gasteiger partial charge in [-0.25, -0.2) is 13.1 Å². The van der Waals surface area contributed by atoms with Crippen molar-refractivity contribution in [1.29, 1.82) is 0 Å². The molecule has 0 aliphatic carbocycles. The van der Waals surface area contributed by atoms with E-state index < -0.39 is 10.0 Å². The highest BCUT2D eigenvalue weighted by atomic mass is 32.2. The average molecular weight is 319 g/mol. The van der Waals surface area contributed by atoms with Gasteiger partial charge in [-0.15, -0.1) is 0 Å². The molecule has 5 nitrogen and oxygen atoms in total. The van der Waals surface area contributed by atoms with Gasteiger partial charge in [0.2, 0.25) is 10.0 Å². The van der Waals surface area contributed by atoms with Crippen LogP contribution in [-0.4, -0.2) is 19.9 Å². The first-order valence-electron chi connectivity index (χ1n) is 7.19. The van der Waals surface area contributed by atoms with E-state index in [0.717, 1.165) is 11.3 Å². The van der Waals surface area contributed by atoms with Crippen molar-refractivity contribution < 1.29 is 8.42 Å². The normalized spacial score (nSPS) is 11.8. The second kappa shape index (κ2) is 6.89. The van der Waals surface area contributed by atoms with Gasteiger partial charge < -0.3 is 5.73 Å². The van der Waals surface area contributed by atoms with Gasteiger partial charge in [-0.3, -0.25) is 4.98 Å². The van der Waals surface area contributed by atoms with Crippen LogP contribution in [-0.2, 0) is 16.4 Å². The van der Waals surface area contributed by atoms with Gasteiger partial charge in [0.25, 0.3) is 0 Å². The van der Waals surface area contributed by atoms with Crippen LogP contribution < -0.4 is 10.5 Å². The van der Waals surface area contributed by atoms with E-state index in [0.29, 0.717) is 18.7 Å². The number of anilines is 1. The number of nitrogen functional groups attached to an aromatic ring is 1. The Kier molecular flexibility index (Phi) is 5.15. The van der Waals surface area contributed by atoms with E-state index in [2.05, 4.69) is 9.71 Å². The Hall–Kier alpha value is -1.92. The summed E-state index contributed by atoms with van der Waals surface area (Å²) in [6.07, 6.45) is 2.23. The molecule has 0 radical (unpaired) electrons. The molecule has 0 saturated carbocycles. The van der Waals surface area contributed by atoms with Crippen molar-refractivity contribution in [1.82, 2.24) is 9.71 Å². The Morgan fingerprint density at radius 2 is 2.00 bits per heavy atom. The van der Waals surface area contributed by atoms with E-state index in [-0.39, 0.29) is 10.8 Å². The van der Waals surface area contributed by atoms with E-state index in [4.69, 9.17) is 5.73 Å². The number of hydrogen-bond acceptors (Lipinski definition) is 4. The number of hydrogen-bond donors (Lipinski definition) is 2. The first kappa shape index (κ1) is 16.5. The summed E-state index contributed by atoms with van der Waals surface area (Å²) < 4.78 is 27.6. The van der Waals surface area contributed by atoms with E-state index in [9.17, 15) is 8.42 Å². The first-order valence-corrected chi connectivity index (χ1v) is 8.67. The molecule has 0 amide bonds. The minimum Gasteiger partial charge on any atom is -0.399 e. The molecule has 1 aromatic heterocycles. The Balaban J connectivity index is 2.15. The molecule has 0 saturated heterocycles. The number of benzene rings is 1. The Morgan fingerprint density at radius 3 is 2.64 bits per heavy atom. The lowest BCUT2D eigenvalue weighted by atomic mass is 10.0. The molecule has 2 aromatic rings. The number of aromatic nitrogens is 1. The summed E-state index contributed by atoms with van der Waals surface area (Å²) in [5.74, 6) is 0.1000. The highest BCUT2D eigenvalue weighted by molar-refractivity contribution is 7.89. The molecule has 0 atom stereocenters. The molecule has 6 heteroatoms. The average Bonchev–Trinajstić information content (AvgIpc) is 2.47. The lowest BCUT2D eigenvalue weighted by Crippen LogP contribution is -2.27. The Morgan fingerprint density at radius 1 is 1.23 bits per heavy atom. The van der Waals surface area contributed by atoms with Crippen LogP contribution in [0.2, 0.25) is 0 Å². The van der Waals surface area contributed by atoms with Crippen molar-refractivity contribution in [3.8, 4) is 0 Å². The lowest BCUT2D eigenvalue weighted by Gasteiger charge is -2.14. The van der Waals surface area contributed by atoms with Gasteiger partial charge >= 0.3 is 0 Å². The molecule has 0 unspecified atom stereocenters. The zero-order valence-electron chi connectivity index (χ0n) is 12.8. The molecule has 22 heavy (non-hydrogen) atoms. The highest BCUT2D eigenvalue weighted by Crippen LogP contribution is 2.25. The number of sulfonamides is 1. The van der Waals surface area contributed by atoms with Gasteiger partial charge in [0, 0.05) is 30.5 Å². The fourth-order valence-electron chi connectivity index (χ4n) is 2.20. The van der Waals surface area contributed by atoms with Gasteiger partial charge in [0.05, 0.1) is 4.90 Å². The SMILES string of the molecule is CC(C)c1ccc(N)cc1S(=O)(=O)NCCc1ccccn1. The van der Waals surface area contributed by atoms with Crippen LogP contribution in [0.4, 0.5) is 5.69 Å². The highest BCUT2D eigenvalue weighted by Gasteiger charge is 2.20. The Labute approximate surface area is 131 Å². The standard InChI is InChI=1S/C16H21N3O2S/c1-12(2)15-7-6-13(17)11-16(15)22(20,21)19-10-8-14-5-3-4-9-18-14/h3-7,9,11-12,19H,8,10,17H2,1-2H3. The molecule has 2 rings (SSSR count). The quantitative estimate of drug-likeness (QED) is 0.800. The Bertz CT molecular complexity index is 728. The van der Waals surface area contributed by atoms with Crippen LogP contribution in [0.15, 0.2) is 47.5 Å². The minimum atomic E-state index is -3.59. The van der Waals surface area contributed by atoms with Crippen molar-refractivity contribution in [3.63, 3.8) is 0 Å². The van der Waals surface area contributed by atoms with Crippen LogP contribution in [0.1, 0.15) is 31.0 Å². The topological polar surface area (TPSA) is 85.1 Å². The second-order valence-corrected chi connectivity index (χ2v) is 7.16. The van der Waals surface area contributed by atoms with Gasteiger partial charge in [-0.1, -0.05) is 26.0 Å². The summed E-state index contributed by atoms with van der Waals surface area (Å²) >= 11 is 0. The van der Waals surface area contributed by atoms with Gasteiger partial charge in [0.15, 0.2) is 0 Å². The largest absolute Gasteiger partial charge is 0.399 e. The molecule has 0 spiro atoms. The molecule has 3 N–H and O–H groups in total. The van der Waals surface area contributed by atoms with Crippen LogP contribution >= 0.6 is 0 Å². The maximum absolute atomic E-state index is 12.5. The first-order chi connectivity index (χ1) is 10.4. The van der Waals surface area contributed by atoms with Crippen molar-refractivity contribution in [2.24, 2.45) is 0 Å². The van der Waals surface area contributed by atoms with E-state index in [1.807, 2.05) is 32.0 Å². The van der Waals surface area contributed by atoms with Crippen molar-refractivity contribution in [2.75, 3.05) is 12.3 Å².